The van der Waals surface area contributed by atoms with Crippen molar-refractivity contribution in [1.29, 1.82) is 0 Å². The predicted octanol–water partition coefficient (Wildman–Crippen LogP) is 5.23. The molecule has 1 unspecified atom stereocenters. The number of nitrogens with one attached hydrogen (secondary N) is 1. The van der Waals surface area contributed by atoms with E-state index in [1.165, 1.54) is 11.1 Å². The molecule has 0 aliphatic rings. The van der Waals surface area contributed by atoms with Gasteiger partial charge in [0.15, 0.2) is 0 Å². The first-order valence-corrected chi connectivity index (χ1v) is 7.18. The molecule has 0 spiro atoms. The molecule has 1 nitrogen and oxygen atoms in total. The number of halogens is 2. The molecule has 2 aromatic carbocycles. The smallest absolute Gasteiger partial charge is 0.0409 e. The normalized spacial score (nSPS) is 12.4. The molecule has 0 fully saturated rings. The van der Waals surface area contributed by atoms with Crippen LogP contribution in [-0.2, 0) is 6.54 Å². The predicted molar refractivity (Wildman–Crippen MR) is 82.8 cm³/mol. The van der Waals surface area contributed by atoms with Crippen molar-refractivity contribution in [1.82, 2.24) is 5.32 Å². The van der Waals surface area contributed by atoms with Crippen LogP contribution in [0.15, 0.2) is 48.5 Å². The van der Waals surface area contributed by atoms with Crippen LogP contribution in [0.3, 0.4) is 0 Å². The third kappa shape index (κ3) is 4.24. The van der Waals surface area contributed by atoms with Crippen LogP contribution < -0.4 is 5.32 Å². The Balaban J connectivity index is 2.01. The van der Waals surface area contributed by atoms with Crippen LogP contribution in [0.2, 0.25) is 10.0 Å². The van der Waals surface area contributed by atoms with Crippen molar-refractivity contribution >= 4 is 23.2 Å². The highest BCUT2D eigenvalue weighted by Gasteiger charge is 2.08. The molecule has 1 atom stereocenters. The highest BCUT2D eigenvalue weighted by atomic mass is 35.5. The van der Waals surface area contributed by atoms with Gasteiger partial charge in [-0.05, 0) is 41.8 Å². The molecule has 0 heterocycles. The highest BCUT2D eigenvalue weighted by molar-refractivity contribution is 6.30. The second kappa shape index (κ2) is 6.95. The average molecular weight is 294 g/mol. The Labute approximate surface area is 124 Å². The van der Waals surface area contributed by atoms with Crippen molar-refractivity contribution in [3.63, 3.8) is 0 Å². The second-order valence-corrected chi connectivity index (χ2v) is 5.40. The first kappa shape index (κ1) is 14.4. The molecule has 0 aliphatic carbocycles. The molecule has 3 heteroatoms. The summed E-state index contributed by atoms with van der Waals surface area (Å²) in [5.74, 6) is 0. The van der Waals surface area contributed by atoms with E-state index in [2.05, 4.69) is 18.3 Å². The molecule has 19 heavy (non-hydrogen) atoms. The van der Waals surface area contributed by atoms with Gasteiger partial charge in [-0.15, -0.1) is 0 Å². The summed E-state index contributed by atoms with van der Waals surface area (Å²) in [6.45, 7) is 2.99. The van der Waals surface area contributed by atoms with E-state index in [0.29, 0.717) is 6.04 Å². The minimum absolute atomic E-state index is 0.314. The summed E-state index contributed by atoms with van der Waals surface area (Å²) < 4.78 is 0. The van der Waals surface area contributed by atoms with E-state index < -0.39 is 0 Å². The lowest BCUT2D eigenvalue weighted by atomic mass is 10.0. The van der Waals surface area contributed by atoms with Gasteiger partial charge in [0.2, 0.25) is 0 Å². The van der Waals surface area contributed by atoms with Gasteiger partial charge in [-0.2, -0.15) is 0 Å². The zero-order valence-electron chi connectivity index (χ0n) is 10.9. The Bertz CT molecular complexity index is 523. The standard InChI is InChI=1S/C16H17Cl2N/c1-2-16(13-4-3-5-15(18)10-13)19-11-12-6-8-14(17)9-7-12/h3-10,16,19H,2,11H2,1H3. The van der Waals surface area contributed by atoms with Crippen molar-refractivity contribution < 1.29 is 0 Å². The summed E-state index contributed by atoms with van der Waals surface area (Å²) in [5, 5.41) is 5.10. The first-order valence-electron chi connectivity index (χ1n) is 6.42. The fourth-order valence-electron chi connectivity index (χ4n) is 2.06. The van der Waals surface area contributed by atoms with Crippen molar-refractivity contribution in [2.24, 2.45) is 0 Å². The van der Waals surface area contributed by atoms with Crippen LogP contribution in [0.25, 0.3) is 0 Å². The van der Waals surface area contributed by atoms with Crippen molar-refractivity contribution in [3.8, 4) is 0 Å². The molecule has 2 aromatic rings. The zero-order valence-corrected chi connectivity index (χ0v) is 12.4. The molecular weight excluding hydrogens is 277 g/mol. The van der Waals surface area contributed by atoms with E-state index in [0.717, 1.165) is 23.0 Å². The molecule has 1 N–H and O–H groups in total. The van der Waals surface area contributed by atoms with Crippen LogP contribution in [0.4, 0.5) is 0 Å². The Hall–Kier alpha value is -1.02. The summed E-state index contributed by atoms with van der Waals surface area (Å²) in [7, 11) is 0. The molecule has 0 radical (unpaired) electrons. The van der Waals surface area contributed by atoms with Gasteiger partial charge in [0.25, 0.3) is 0 Å². The van der Waals surface area contributed by atoms with Gasteiger partial charge in [0.05, 0.1) is 0 Å². The lowest BCUT2D eigenvalue weighted by molar-refractivity contribution is 0.519. The maximum atomic E-state index is 6.04. The summed E-state index contributed by atoms with van der Waals surface area (Å²) >= 11 is 11.9. The van der Waals surface area contributed by atoms with Crippen LogP contribution in [-0.4, -0.2) is 0 Å². The average Bonchev–Trinajstić information content (AvgIpc) is 2.42. The topological polar surface area (TPSA) is 12.0 Å². The maximum absolute atomic E-state index is 6.04. The molecule has 0 bridgehead atoms. The molecule has 0 aliphatic heterocycles. The number of rotatable bonds is 5. The molecule has 0 saturated heterocycles. The summed E-state index contributed by atoms with van der Waals surface area (Å²) in [6.07, 6.45) is 1.02. The van der Waals surface area contributed by atoms with Crippen LogP contribution in [0.1, 0.15) is 30.5 Å². The van der Waals surface area contributed by atoms with Gasteiger partial charge in [-0.1, -0.05) is 54.4 Å². The van der Waals surface area contributed by atoms with Gasteiger partial charge in [-0.25, -0.2) is 0 Å². The van der Waals surface area contributed by atoms with Crippen molar-refractivity contribution in [2.45, 2.75) is 25.9 Å². The fourth-order valence-corrected chi connectivity index (χ4v) is 2.39. The monoisotopic (exact) mass is 293 g/mol. The van der Waals surface area contributed by atoms with E-state index in [4.69, 9.17) is 23.2 Å². The molecule has 0 amide bonds. The molecule has 100 valence electrons. The summed E-state index contributed by atoms with van der Waals surface area (Å²) in [6, 6.07) is 16.2. The molecular formula is C16H17Cl2N. The molecule has 0 saturated carbocycles. The van der Waals surface area contributed by atoms with Crippen molar-refractivity contribution in [3.05, 3.63) is 69.7 Å². The molecule has 2 rings (SSSR count). The third-order valence-corrected chi connectivity index (χ3v) is 3.61. The quantitative estimate of drug-likeness (QED) is 0.795. The Morgan fingerprint density at radius 2 is 1.74 bits per heavy atom. The lowest BCUT2D eigenvalue weighted by Crippen LogP contribution is -2.20. The van der Waals surface area contributed by atoms with E-state index >= 15 is 0 Å². The van der Waals surface area contributed by atoms with Gasteiger partial charge in [-0.3, -0.25) is 0 Å². The van der Waals surface area contributed by atoms with Gasteiger partial charge in [0.1, 0.15) is 0 Å². The number of hydrogen-bond donors (Lipinski definition) is 1. The van der Waals surface area contributed by atoms with E-state index in [1.807, 2.05) is 42.5 Å². The Morgan fingerprint density at radius 1 is 1.00 bits per heavy atom. The summed E-state index contributed by atoms with van der Waals surface area (Å²) in [4.78, 5) is 0. The maximum Gasteiger partial charge on any atom is 0.0409 e. The minimum atomic E-state index is 0.314. The van der Waals surface area contributed by atoms with E-state index in [9.17, 15) is 0 Å². The van der Waals surface area contributed by atoms with Crippen molar-refractivity contribution in [2.75, 3.05) is 0 Å². The van der Waals surface area contributed by atoms with Crippen LogP contribution >= 0.6 is 23.2 Å². The largest absolute Gasteiger partial charge is 0.306 e. The minimum Gasteiger partial charge on any atom is -0.306 e. The van der Waals surface area contributed by atoms with E-state index in [1.54, 1.807) is 0 Å². The van der Waals surface area contributed by atoms with E-state index in [-0.39, 0.29) is 0 Å². The number of hydrogen-bond acceptors (Lipinski definition) is 1. The third-order valence-electron chi connectivity index (χ3n) is 3.13. The zero-order chi connectivity index (χ0) is 13.7. The molecule has 0 aromatic heterocycles. The Morgan fingerprint density at radius 3 is 2.37 bits per heavy atom. The van der Waals surface area contributed by atoms with Gasteiger partial charge >= 0.3 is 0 Å². The summed E-state index contributed by atoms with van der Waals surface area (Å²) in [5.41, 5.74) is 2.45. The van der Waals surface area contributed by atoms with Crippen LogP contribution in [0.5, 0.6) is 0 Å². The van der Waals surface area contributed by atoms with Gasteiger partial charge in [0, 0.05) is 22.6 Å². The highest BCUT2D eigenvalue weighted by Crippen LogP contribution is 2.21. The van der Waals surface area contributed by atoms with Crippen LogP contribution in [0, 0.1) is 0 Å². The SMILES string of the molecule is CCC(NCc1ccc(Cl)cc1)c1cccc(Cl)c1. The second-order valence-electron chi connectivity index (χ2n) is 4.52. The fraction of sp³-hybridized carbons (Fsp3) is 0.250. The first-order chi connectivity index (χ1) is 9.19. The number of benzene rings is 2. The van der Waals surface area contributed by atoms with Gasteiger partial charge < -0.3 is 5.32 Å². The lowest BCUT2D eigenvalue weighted by Gasteiger charge is -2.18. The Kier molecular flexibility index (Phi) is 5.26.